The van der Waals surface area contributed by atoms with Crippen molar-refractivity contribution in [2.75, 3.05) is 20.1 Å². The van der Waals surface area contributed by atoms with E-state index in [1.807, 2.05) is 7.05 Å². The number of ketones is 1. The number of nitrogens with two attached hydrogens (primary N) is 1. The van der Waals surface area contributed by atoms with Gasteiger partial charge in [-0.2, -0.15) is 0 Å². The Hall–Kier alpha value is -1.28. The fourth-order valence-corrected chi connectivity index (χ4v) is 3.14. The van der Waals surface area contributed by atoms with Crippen LogP contribution >= 0.6 is 0 Å². The molecular formula is C15H25N3O3S. The van der Waals surface area contributed by atoms with Crippen molar-refractivity contribution in [3.63, 3.8) is 0 Å². The standard InChI is InChI=1S/C15H25N3O3S/c1-11(2)15(19)14-6-5-13(9-12(14)10-16)22(20,21)18-8-4-7-17-3/h5-6,9,11,17-18H,4,7-8,10,16H2,1-3H3. The lowest BCUT2D eigenvalue weighted by Gasteiger charge is -2.12. The molecule has 0 amide bonds. The summed E-state index contributed by atoms with van der Waals surface area (Å²) in [5.41, 5.74) is 6.71. The summed E-state index contributed by atoms with van der Waals surface area (Å²) in [5, 5.41) is 2.95. The SMILES string of the molecule is CNCCCNS(=O)(=O)c1ccc(C(=O)C(C)C)c(CN)c1. The number of sulfonamides is 1. The van der Waals surface area contributed by atoms with Gasteiger partial charge >= 0.3 is 0 Å². The zero-order valence-electron chi connectivity index (χ0n) is 13.3. The van der Waals surface area contributed by atoms with E-state index in [1.54, 1.807) is 19.9 Å². The lowest BCUT2D eigenvalue weighted by Crippen LogP contribution is -2.27. The Kier molecular flexibility index (Phi) is 7.15. The van der Waals surface area contributed by atoms with Crippen molar-refractivity contribution >= 4 is 15.8 Å². The van der Waals surface area contributed by atoms with Crippen LogP contribution in [0.2, 0.25) is 0 Å². The molecule has 0 heterocycles. The average Bonchev–Trinajstić information content (AvgIpc) is 2.50. The molecule has 0 atom stereocenters. The minimum atomic E-state index is -3.58. The molecule has 0 saturated heterocycles. The number of rotatable bonds is 9. The Bertz CT molecular complexity index is 612. The fraction of sp³-hybridized carbons (Fsp3) is 0.533. The summed E-state index contributed by atoms with van der Waals surface area (Å²) in [6.45, 7) is 4.82. The van der Waals surface area contributed by atoms with Crippen LogP contribution < -0.4 is 15.8 Å². The third-order valence-electron chi connectivity index (χ3n) is 3.29. The minimum absolute atomic E-state index is 0.0358. The van der Waals surface area contributed by atoms with Gasteiger partial charge in [0.25, 0.3) is 0 Å². The molecule has 0 bridgehead atoms. The summed E-state index contributed by atoms with van der Waals surface area (Å²) in [6.07, 6.45) is 0.698. The Morgan fingerprint density at radius 1 is 1.27 bits per heavy atom. The van der Waals surface area contributed by atoms with Crippen LogP contribution in [0.15, 0.2) is 23.1 Å². The first kappa shape index (κ1) is 18.8. The van der Waals surface area contributed by atoms with Crippen molar-refractivity contribution in [3.8, 4) is 0 Å². The van der Waals surface area contributed by atoms with Gasteiger partial charge in [0.1, 0.15) is 0 Å². The maximum atomic E-state index is 12.2. The van der Waals surface area contributed by atoms with Crippen LogP contribution in [0.5, 0.6) is 0 Å². The molecule has 1 rings (SSSR count). The molecule has 4 N–H and O–H groups in total. The predicted molar refractivity (Wildman–Crippen MR) is 87.2 cm³/mol. The van der Waals surface area contributed by atoms with Gasteiger partial charge in [-0.05, 0) is 43.8 Å². The van der Waals surface area contributed by atoms with Crippen molar-refractivity contribution in [1.29, 1.82) is 0 Å². The Morgan fingerprint density at radius 2 is 1.95 bits per heavy atom. The predicted octanol–water partition coefficient (Wildman–Crippen LogP) is 0.872. The maximum absolute atomic E-state index is 12.2. The summed E-state index contributed by atoms with van der Waals surface area (Å²) in [7, 11) is -1.77. The van der Waals surface area contributed by atoms with Crippen molar-refractivity contribution in [1.82, 2.24) is 10.0 Å². The van der Waals surface area contributed by atoms with Crippen LogP contribution in [0, 0.1) is 5.92 Å². The highest BCUT2D eigenvalue weighted by Crippen LogP contribution is 2.19. The van der Waals surface area contributed by atoms with E-state index in [1.165, 1.54) is 12.1 Å². The van der Waals surface area contributed by atoms with E-state index in [9.17, 15) is 13.2 Å². The molecule has 124 valence electrons. The van der Waals surface area contributed by atoms with Crippen LogP contribution in [0.4, 0.5) is 0 Å². The van der Waals surface area contributed by atoms with Crippen LogP contribution in [0.1, 0.15) is 36.2 Å². The van der Waals surface area contributed by atoms with E-state index in [-0.39, 0.29) is 23.1 Å². The molecule has 1 aromatic carbocycles. The molecule has 0 spiro atoms. The number of benzene rings is 1. The molecule has 0 saturated carbocycles. The number of hydrogen-bond donors (Lipinski definition) is 3. The number of carbonyl (C=O) groups excluding carboxylic acids is 1. The van der Waals surface area contributed by atoms with Gasteiger partial charge in [0.15, 0.2) is 5.78 Å². The van der Waals surface area contributed by atoms with Crippen LogP contribution in [-0.4, -0.2) is 34.3 Å². The lowest BCUT2D eigenvalue weighted by atomic mass is 9.96. The summed E-state index contributed by atoms with van der Waals surface area (Å²) in [6, 6.07) is 4.48. The van der Waals surface area contributed by atoms with E-state index < -0.39 is 10.0 Å². The normalized spacial score (nSPS) is 11.9. The molecule has 0 aliphatic rings. The molecule has 0 aliphatic heterocycles. The van der Waals surface area contributed by atoms with Crippen LogP contribution in [0.3, 0.4) is 0 Å². The second kappa shape index (κ2) is 8.38. The molecule has 0 aromatic heterocycles. The average molecular weight is 327 g/mol. The summed E-state index contributed by atoms with van der Waals surface area (Å²) in [4.78, 5) is 12.2. The molecule has 7 heteroatoms. The van der Waals surface area contributed by atoms with Gasteiger partial charge in [0, 0.05) is 24.6 Å². The van der Waals surface area contributed by atoms with E-state index in [2.05, 4.69) is 10.0 Å². The van der Waals surface area contributed by atoms with Gasteiger partial charge in [-0.1, -0.05) is 13.8 Å². The van der Waals surface area contributed by atoms with Crippen molar-refractivity contribution in [3.05, 3.63) is 29.3 Å². The first-order valence-electron chi connectivity index (χ1n) is 7.35. The summed E-state index contributed by atoms with van der Waals surface area (Å²) >= 11 is 0. The highest BCUT2D eigenvalue weighted by atomic mass is 32.2. The van der Waals surface area contributed by atoms with Crippen LogP contribution in [0.25, 0.3) is 0 Å². The molecule has 22 heavy (non-hydrogen) atoms. The molecule has 0 radical (unpaired) electrons. The zero-order valence-corrected chi connectivity index (χ0v) is 14.2. The van der Waals surface area contributed by atoms with Gasteiger partial charge < -0.3 is 11.1 Å². The second-order valence-electron chi connectivity index (χ2n) is 5.40. The van der Waals surface area contributed by atoms with Gasteiger partial charge in [0.2, 0.25) is 10.0 Å². The Morgan fingerprint density at radius 3 is 2.50 bits per heavy atom. The number of hydrogen-bond acceptors (Lipinski definition) is 5. The number of Topliss-reactive ketones (excluding diaryl/α,β-unsaturated/α-hetero) is 1. The van der Waals surface area contributed by atoms with Crippen molar-refractivity contribution in [2.24, 2.45) is 11.7 Å². The third-order valence-corrected chi connectivity index (χ3v) is 4.75. The van der Waals surface area contributed by atoms with Gasteiger partial charge in [-0.15, -0.1) is 0 Å². The van der Waals surface area contributed by atoms with Crippen molar-refractivity contribution < 1.29 is 13.2 Å². The maximum Gasteiger partial charge on any atom is 0.240 e. The first-order chi connectivity index (χ1) is 10.3. The van der Waals surface area contributed by atoms with E-state index >= 15 is 0 Å². The monoisotopic (exact) mass is 327 g/mol. The Balaban J connectivity index is 2.99. The van der Waals surface area contributed by atoms with Gasteiger partial charge in [-0.3, -0.25) is 4.79 Å². The smallest absolute Gasteiger partial charge is 0.240 e. The quantitative estimate of drug-likeness (QED) is 0.461. The molecule has 6 nitrogen and oxygen atoms in total. The molecular weight excluding hydrogens is 302 g/mol. The third kappa shape index (κ3) is 4.88. The molecule has 0 unspecified atom stereocenters. The largest absolute Gasteiger partial charge is 0.326 e. The topological polar surface area (TPSA) is 101 Å². The molecule has 1 aromatic rings. The van der Waals surface area contributed by atoms with Crippen LogP contribution in [-0.2, 0) is 16.6 Å². The van der Waals surface area contributed by atoms with E-state index in [4.69, 9.17) is 5.73 Å². The molecule has 0 fully saturated rings. The highest BCUT2D eigenvalue weighted by molar-refractivity contribution is 7.89. The highest BCUT2D eigenvalue weighted by Gasteiger charge is 2.19. The Labute approximate surface area is 132 Å². The summed E-state index contributed by atoms with van der Waals surface area (Å²) in [5.74, 6) is -0.196. The molecule has 0 aliphatic carbocycles. The minimum Gasteiger partial charge on any atom is -0.326 e. The zero-order chi connectivity index (χ0) is 16.8. The summed E-state index contributed by atoms with van der Waals surface area (Å²) < 4.78 is 27.0. The lowest BCUT2D eigenvalue weighted by molar-refractivity contribution is 0.0938. The van der Waals surface area contributed by atoms with Crippen molar-refractivity contribution in [2.45, 2.75) is 31.7 Å². The fourth-order valence-electron chi connectivity index (χ4n) is 2.01. The first-order valence-corrected chi connectivity index (χ1v) is 8.83. The van der Waals surface area contributed by atoms with Gasteiger partial charge in [0.05, 0.1) is 4.90 Å². The van der Waals surface area contributed by atoms with E-state index in [0.29, 0.717) is 24.1 Å². The van der Waals surface area contributed by atoms with Gasteiger partial charge in [-0.25, -0.2) is 13.1 Å². The second-order valence-corrected chi connectivity index (χ2v) is 7.16. The number of nitrogens with one attached hydrogen (secondary N) is 2. The number of carbonyl (C=O) groups is 1. The van der Waals surface area contributed by atoms with E-state index in [0.717, 1.165) is 6.54 Å².